The lowest BCUT2D eigenvalue weighted by atomic mass is 9.98. The molecule has 0 bridgehead atoms. The van der Waals surface area contributed by atoms with Crippen LogP contribution in [0.4, 0.5) is 4.79 Å². The van der Waals surface area contributed by atoms with Gasteiger partial charge < -0.3 is 15.3 Å². The van der Waals surface area contributed by atoms with E-state index >= 15 is 0 Å². The van der Waals surface area contributed by atoms with Crippen LogP contribution in [0.15, 0.2) is 24.3 Å². The molecule has 0 saturated carbocycles. The number of nitrogens with zero attached hydrogens (tertiary/aromatic N) is 2. The van der Waals surface area contributed by atoms with E-state index in [1.165, 1.54) is 4.70 Å². The first-order chi connectivity index (χ1) is 12.6. The van der Waals surface area contributed by atoms with Gasteiger partial charge in [-0.25, -0.2) is 14.6 Å². The summed E-state index contributed by atoms with van der Waals surface area (Å²) in [7, 11) is 0. The van der Waals surface area contributed by atoms with E-state index in [4.69, 9.17) is 4.98 Å². The van der Waals surface area contributed by atoms with Gasteiger partial charge in [0, 0.05) is 19.0 Å². The zero-order chi connectivity index (χ0) is 18.5. The average molecular weight is 394 g/mol. The van der Waals surface area contributed by atoms with Crippen LogP contribution in [0, 0.1) is 0 Å². The number of hydrogen-bond acceptors (Lipinski definition) is 5. The number of thioether (sulfide) groups is 1. The number of carboxylic acid groups (broad SMARTS) is 1. The van der Waals surface area contributed by atoms with Crippen molar-refractivity contribution < 1.29 is 14.7 Å². The molecule has 140 valence electrons. The third-order valence-corrected chi connectivity index (χ3v) is 6.49. The molecule has 1 aromatic carbocycles. The maximum atomic E-state index is 12.4. The lowest BCUT2D eigenvalue weighted by Crippen LogP contribution is -2.50. The molecule has 2 aromatic rings. The lowest BCUT2D eigenvalue weighted by Gasteiger charge is -2.32. The number of thiazole rings is 1. The molecule has 2 N–H and O–H groups in total. The Kier molecular flexibility index (Phi) is 6.37. The van der Waals surface area contributed by atoms with Crippen LogP contribution < -0.4 is 5.32 Å². The van der Waals surface area contributed by atoms with E-state index in [0.29, 0.717) is 31.2 Å². The van der Waals surface area contributed by atoms with Crippen molar-refractivity contribution in [2.45, 2.75) is 31.2 Å². The van der Waals surface area contributed by atoms with Gasteiger partial charge in [0.25, 0.3) is 0 Å². The molecular formula is C18H23N3O3S2. The van der Waals surface area contributed by atoms with Crippen molar-refractivity contribution >= 4 is 45.3 Å². The third-order valence-electron chi connectivity index (χ3n) is 4.65. The first-order valence-electron chi connectivity index (χ1n) is 8.71. The van der Waals surface area contributed by atoms with E-state index in [0.717, 1.165) is 23.4 Å². The molecule has 1 aromatic heterocycles. The van der Waals surface area contributed by atoms with Crippen LogP contribution in [0.2, 0.25) is 0 Å². The molecule has 6 nitrogen and oxygen atoms in total. The van der Waals surface area contributed by atoms with Crippen LogP contribution in [0.3, 0.4) is 0 Å². The maximum Gasteiger partial charge on any atom is 0.326 e. The monoisotopic (exact) mass is 393 g/mol. The number of benzene rings is 1. The number of para-hydroxylation sites is 1. The van der Waals surface area contributed by atoms with Crippen LogP contribution in [0.25, 0.3) is 10.2 Å². The van der Waals surface area contributed by atoms with Gasteiger partial charge in [-0.1, -0.05) is 12.1 Å². The standard InChI is InChI=1S/C18H23N3O3S2/c1-25-11-8-14(17(22)23)20-18(24)21-9-6-12(7-10-21)16-19-13-4-2-3-5-15(13)26-16/h2-5,12,14H,6-11H2,1H3,(H,20,24)(H,22,23). The van der Waals surface area contributed by atoms with Crippen molar-refractivity contribution in [3.05, 3.63) is 29.3 Å². The molecule has 8 heteroatoms. The summed E-state index contributed by atoms with van der Waals surface area (Å²) >= 11 is 3.30. The van der Waals surface area contributed by atoms with Crippen molar-refractivity contribution in [3.8, 4) is 0 Å². The topological polar surface area (TPSA) is 82.5 Å². The van der Waals surface area contributed by atoms with Crippen LogP contribution in [0.1, 0.15) is 30.2 Å². The number of amides is 2. The molecule has 1 aliphatic heterocycles. The van der Waals surface area contributed by atoms with Crippen molar-refractivity contribution in [1.29, 1.82) is 0 Å². The predicted octanol–water partition coefficient (Wildman–Crippen LogP) is 3.39. The Morgan fingerprint density at radius 3 is 2.77 bits per heavy atom. The molecule has 0 spiro atoms. The van der Waals surface area contributed by atoms with Crippen molar-refractivity contribution in [2.24, 2.45) is 0 Å². The van der Waals surface area contributed by atoms with E-state index in [9.17, 15) is 14.7 Å². The second-order valence-electron chi connectivity index (χ2n) is 6.40. The van der Waals surface area contributed by atoms with Crippen LogP contribution in [0.5, 0.6) is 0 Å². The summed E-state index contributed by atoms with van der Waals surface area (Å²) in [6.45, 7) is 1.25. The second kappa shape index (κ2) is 8.73. The van der Waals surface area contributed by atoms with Gasteiger partial charge in [-0.15, -0.1) is 11.3 Å². The number of rotatable bonds is 6. The summed E-state index contributed by atoms with van der Waals surface area (Å²) in [6.07, 6.45) is 4.07. The highest BCUT2D eigenvalue weighted by molar-refractivity contribution is 7.98. The minimum atomic E-state index is -0.975. The van der Waals surface area contributed by atoms with Crippen molar-refractivity contribution in [2.75, 3.05) is 25.1 Å². The molecule has 1 saturated heterocycles. The summed E-state index contributed by atoms with van der Waals surface area (Å²) in [5, 5.41) is 13.0. The molecule has 1 fully saturated rings. The molecule has 2 amide bonds. The number of carbonyl (C=O) groups excluding carboxylic acids is 1. The number of piperidine rings is 1. The van der Waals surface area contributed by atoms with E-state index in [1.807, 2.05) is 24.5 Å². The number of hydrogen-bond donors (Lipinski definition) is 2. The Labute approximate surface area is 161 Å². The minimum Gasteiger partial charge on any atom is -0.480 e. The number of nitrogens with one attached hydrogen (secondary N) is 1. The zero-order valence-corrected chi connectivity index (χ0v) is 16.3. The van der Waals surface area contributed by atoms with Crippen LogP contribution >= 0.6 is 23.1 Å². The quantitative estimate of drug-likeness (QED) is 0.786. The molecule has 2 heterocycles. The number of aliphatic carboxylic acids is 1. The number of fused-ring (bicyclic) bond motifs is 1. The van der Waals surface area contributed by atoms with Gasteiger partial charge in [0.2, 0.25) is 0 Å². The molecule has 1 aliphatic rings. The first kappa shape index (κ1) is 19.0. The molecule has 0 aliphatic carbocycles. The first-order valence-corrected chi connectivity index (χ1v) is 10.9. The largest absolute Gasteiger partial charge is 0.480 e. The fourth-order valence-electron chi connectivity index (χ4n) is 3.13. The highest BCUT2D eigenvalue weighted by atomic mass is 32.2. The maximum absolute atomic E-state index is 12.4. The Bertz CT molecular complexity index is 739. The number of urea groups is 1. The Morgan fingerprint density at radius 1 is 1.38 bits per heavy atom. The van der Waals surface area contributed by atoms with Gasteiger partial charge in [-0.2, -0.15) is 11.8 Å². The van der Waals surface area contributed by atoms with E-state index in [1.54, 1.807) is 28.0 Å². The van der Waals surface area contributed by atoms with Crippen molar-refractivity contribution in [3.63, 3.8) is 0 Å². The van der Waals surface area contributed by atoms with Gasteiger partial charge in [0.05, 0.1) is 15.2 Å². The minimum absolute atomic E-state index is 0.277. The predicted molar refractivity (Wildman–Crippen MR) is 106 cm³/mol. The van der Waals surface area contributed by atoms with Gasteiger partial charge in [0.1, 0.15) is 6.04 Å². The summed E-state index contributed by atoms with van der Waals surface area (Å²) in [5.74, 6) is 0.0941. The second-order valence-corrected chi connectivity index (χ2v) is 8.45. The van der Waals surface area contributed by atoms with E-state index in [2.05, 4.69) is 11.4 Å². The Morgan fingerprint density at radius 2 is 2.12 bits per heavy atom. The molecule has 26 heavy (non-hydrogen) atoms. The molecule has 0 radical (unpaired) electrons. The van der Waals surface area contributed by atoms with E-state index < -0.39 is 12.0 Å². The lowest BCUT2D eigenvalue weighted by molar-refractivity contribution is -0.139. The zero-order valence-electron chi connectivity index (χ0n) is 14.7. The molecule has 3 rings (SSSR count). The van der Waals surface area contributed by atoms with Crippen LogP contribution in [-0.2, 0) is 4.79 Å². The summed E-state index contributed by atoms with van der Waals surface area (Å²) in [5.41, 5.74) is 1.03. The summed E-state index contributed by atoms with van der Waals surface area (Å²) in [6, 6.07) is 7.03. The summed E-state index contributed by atoms with van der Waals surface area (Å²) < 4.78 is 1.20. The van der Waals surface area contributed by atoms with Crippen molar-refractivity contribution in [1.82, 2.24) is 15.2 Å². The Balaban J connectivity index is 1.55. The number of likely N-dealkylation sites (tertiary alicyclic amines) is 1. The van der Waals surface area contributed by atoms with Gasteiger partial charge in [-0.05, 0) is 43.4 Å². The molecular weight excluding hydrogens is 370 g/mol. The molecule has 1 atom stereocenters. The molecule has 1 unspecified atom stereocenters. The summed E-state index contributed by atoms with van der Waals surface area (Å²) in [4.78, 5) is 30.1. The smallest absolute Gasteiger partial charge is 0.326 e. The van der Waals surface area contributed by atoms with E-state index in [-0.39, 0.29) is 6.03 Å². The van der Waals surface area contributed by atoms with Gasteiger partial charge in [-0.3, -0.25) is 0 Å². The Hall–Kier alpha value is -1.80. The fourth-order valence-corrected chi connectivity index (χ4v) is 4.74. The number of aromatic nitrogens is 1. The number of carbonyl (C=O) groups is 2. The fraction of sp³-hybridized carbons (Fsp3) is 0.500. The highest BCUT2D eigenvalue weighted by Gasteiger charge is 2.28. The van der Waals surface area contributed by atoms with Crippen LogP contribution in [-0.4, -0.2) is 58.1 Å². The SMILES string of the molecule is CSCCC(NC(=O)N1CCC(c2nc3ccccc3s2)CC1)C(=O)O. The normalized spacial score (nSPS) is 16.6. The van der Waals surface area contributed by atoms with Gasteiger partial charge in [0.15, 0.2) is 0 Å². The highest BCUT2D eigenvalue weighted by Crippen LogP contribution is 2.33. The number of carboxylic acids is 1. The van der Waals surface area contributed by atoms with Gasteiger partial charge >= 0.3 is 12.0 Å². The average Bonchev–Trinajstić information content (AvgIpc) is 3.09. The third kappa shape index (κ3) is 4.48.